The van der Waals surface area contributed by atoms with Gasteiger partial charge in [-0.15, -0.1) is 0 Å². The zero-order valence-corrected chi connectivity index (χ0v) is 10.1. The van der Waals surface area contributed by atoms with Crippen LogP contribution in [0.1, 0.15) is 10.4 Å². The smallest absolute Gasteiger partial charge is 0.268 e. The monoisotopic (exact) mass is 265 g/mol. The molecule has 0 unspecified atom stereocenters. The minimum Gasteiger partial charge on any atom is -0.268 e. The molecule has 0 saturated heterocycles. The van der Waals surface area contributed by atoms with Crippen LogP contribution in [0.3, 0.4) is 0 Å². The van der Waals surface area contributed by atoms with Gasteiger partial charge in [-0.2, -0.15) is 0 Å². The van der Waals surface area contributed by atoms with Crippen LogP contribution in [-0.4, -0.2) is 20.4 Å². The van der Waals surface area contributed by atoms with E-state index in [4.69, 9.17) is 0 Å². The van der Waals surface area contributed by atoms with Crippen molar-refractivity contribution in [3.8, 4) is 11.4 Å². The Morgan fingerprint density at radius 1 is 1.10 bits per heavy atom. The number of carbonyl (C=O) groups is 1. The van der Waals surface area contributed by atoms with Gasteiger partial charge in [-0.1, -0.05) is 18.2 Å². The number of imidazole rings is 1. The van der Waals surface area contributed by atoms with E-state index in [2.05, 4.69) is 4.98 Å². The quantitative estimate of drug-likeness (QED) is 0.391. The molecule has 1 aliphatic rings. The molecule has 96 valence electrons. The summed E-state index contributed by atoms with van der Waals surface area (Å²) in [6, 6.07) is 11.5. The standard InChI is InChI=1S/C14H7N3O3/c18-14-10-4-2-1-3-9(10)13-15-11-6-5-8(17(19)20)7-12(11)16(13)14/h1-7H. The number of nitro benzene ring substituents is 1. The van der Waals surface area contributed by atoms with E-state index in [1.807, 2.05) is 12.1 Å². The van der Waals surface area contributed by atoms with Gasteiger partial charge in [0.2, 0.25) is 0 Å². The van der Waals surface area contributed by atoms with Crippen LogP contribution in [0.2, 0.25) is 0 Å². The van der Waals surface area contributed by atoms with Gasteiger partial charge >= 0.3 is 0 Å². The number of benzene rings is 2. The molecule has 6 heteroatoms. The molecule has 0 bridgehead atoms. The van der Waals surface area contributed by atoms with Crippen molar-refractivity contribution < 1.29 is 9.72 Å². The summed E-state index contributed by atoms with van der Waals surface area (Å²) in [4.78, 5) is 27.2. The molecule has 0 spiro atoms. The Morgan fingerprint density at radius 3 is 2.60 bits per heavy atom. The minimum absolute atomic E-state index is 0.0519. The summed E-state index contributed by atoms with van der Waals surface area (Å²) in [5.41, 5.74) is 2.33. The predicted molar refractivity (Wildman–Crippen MR) is 71.6 cm³/mol. The number of hydrogen-bond donors (Lipinski definition) is 0. The molecule has 0 N–H and O–H groups in total. The van der Waals surface area contributed by atoms with Crippen LogP contribution in [0.25, 0.3) is 22.4 Å². The van der Waals surface area contributed by atoms with Crippen LogP contribution in [0.4, 0.5) is 5.69 Å². The van der Waals surface area contributed by atoms with E-state index < -0.39 is 4.92 Å². The molecule has 4 rings (SSSR count). The van der Waals surface area contributed by atoms with Crippen molar-refractivity contribution in [2.45, 2.75) is 0 Å². The van der Waals surface area contributed by atoms with Crippen LogP contribution in [0.15, 0.2) is 42.5 Å². The van der Waals surface area contributed by atoms with Gasteiger partial charge in [-0.05, 0) is 12.1 Å². The SMILES string of the molecule is O=C1c2ccccc2-c2nc3ccc([N+](=O)[O-])cc3n21. The molecule has 0 radical (unpaired) electrons. The molecule has 0 atom stereocenters. The summed E-state index contributed by atoms with van der Waals surface area (Å²) >= 11 is 0. The maximum absolute atomic E-state index is 12.4. The minimum atomic E-state index is -0.480. The summed E-state index contributed by atoms with van der Waals surface area (Å²) in [6.07, 6.45) is 0. The van der Waals surface area contributed by atoms with Crippen molar-refractivity contribution in [2.75, 3.05) is 0 Å². The summed E-state index contributed by atoms with van der Waals surface area (Å²) in [5, 5.41) is 10.9. The number of hydrogen-bond acceptors (Lipinski definition) is 4. The van der Waals surface area contributed by atoms with Gasteiger partial charge in [0.05, 0.1) is 21.5 Å². The molecule has 1 aromatic heterocycles. The molecule has 0 aliphatic carbocycles. The number of non-ortho nitro benzene ring substituents is 1. The Balaban J connectivity index is 2.09. The van der Waals surface area contributed by atoms with Crippen molar-refractivity contribution in [2.24, 2.45) is 0 Å². The number of nitrogens with zero attached hydrogens (tertiary/aromatic N) is 3. The highest BCUT2D eigenvalue weighted by Crippen LogP contribution is 2.35. The Morgan fingerprint density at radius 2 is 1.85 bits per heavy atom. The topological polar surface area (TPSA) is 78.0 Å². The van der Waals surface area contributed by atoms with Gasteiger partial charge in [0.15, 0.2) is 0 Å². The van der Waals surface area contributed by atoms with Gasteiger partial charge in [0, 0.05) is 17.7 Å². The zero-order chi connectivity index (χ0) is 13.9. The third kappa shape index (κ3) is 1.22. The first kappa shape index (κ1) is 10.9. The number of nitro groups is 1. The van der Waals surface area contributed by atoms with Crippen molar-refractivity contribution >= 4 is 22.6 Å². The Kier molecular flexibility index (Phi) is 1.90. The fourth-order valence-electron chi connectivity index (χ4n) is 2.55. The van der Waals surface area contributed by atoms with E-state index in [1.165, 1.54) is 16.7 Å². The molecule has 3 aromatic rings. The van der Waals surface area contributed by atoms with Gasteiger partial charge in [-0.3, -0.25) is 19.5 Å². The third-order valence-electron chi connectivity index (χ3n) is 3.45. The molecule has 0 fully saturated rings. The third-order valence-corrected chi connectivity index (χ3v) is 3.45. The lowest BCUT2D eigenvalue weighted by Crippen LogP contribution is -2.05. The molecular weight excluding hydrogens is 258 g/mol. The van der Waals surface area contributed by atoms with E-state index in [0.29, 0.717) is 22.4 Å². The summed E-state index contributed by atoms with van der Waals surface area (Å²) in [5.74, 6) is 0.347. The molecule has 2 heterocycles. The van der Waals surface area contributed by atoms with E-state index >= 15 is 0 Å². The zero-order valence-electron chi connectivity index (χ0n) is 10.1. The second-order valence-corrected chi connectivity index (χ2v) is 4.55. The molecular formula is C14H7N3O3. The average molecular weight is 265 g/mol. The van der Waals surface area contributed by atoms with Gasteiger partial charge in [0.25, 0.3) is 11.6 Å². The van der Waals surface area contributed by atoms with E-state index in [9.17, 15) is 14.9 Å². The van der Waals surface area contributed by atoms with Crippen LogP contribution in [0, 0.1) is 10.1 Å². The van der Waals surface area contributed by atoms with Gasteiger partial charge < -0.3 is 0 Å². The highest BCUT2D eigenvalue weighted by Gasteiger charge is 2.30. The maximum atomic E-state index is 12.4. The fraction of sp³-hybridized carbons (Fsp3) is 0. The second-order valence-electron chi connectivity index (χ2n) is 4.55. The van der Waals surface area contributed by atoms with Crippen LogP contribution in [0.5, 0.6) is 0 Å². The molecule has 0 saturated carbocycles. The van der Waals surface area contributed by atoms with E-state index in [0.717, 1.165) is 5.56 Å². The first-order chi connectivity index (χ1) is 9.66. The molecule has 6 nitrogen and oxygen atoms in total. The van der Waals surface area contributed by atoms with Crippen molar-refractivity contribution in [3.63, 3.8) is 0 Å². The van der Waals surface area contributed by atoms with Crippen LogP contribution >= 0.6 is 0 Å². The first-order valence-corrected chi connectivity index (χ1v) is 5.98. The van der Waals surface area contributed by atoms with Gasteiger partial charge in [0.1, 0.15) is 5.82 Å². The number of rotatable bonds is 1. The summed E-state index contributed by atoms with van der Waals surface area (Å²) < 4.78 is 1.44. The Hall–Kier alpha value is -3.02. The van der Waals surface area contributed by atoms with E-state index in [1.54, 1.807) is 18.2 Å². The lowest BCUT2D eigenvalue weighted by Gasteiger charge is -1.98. The summed E-state index contributed by atoms with van der Waals surface area (Å²) in [6.45, 7) is 0. The Labute approximate surface area is 112 Å². The van der Waals surface area contributed by atoms with Crippen molar-refractivity contribution in [3.05, 3.63) is 58.1 Å². The Bertz CT molecular complexity index is 911. The molecule has 2 aromatic carbocycles. The molecule has 20 heavy (non-hydrogen) atoms. The number of fused-ring (bicyclic) bond motifs is 5. The molecule has 1 aliphatic heterocycles. The number of carbonyl (C=O) groups excluding carboxylic acids is 1. The summed E-state index contributed by atoms with van der Waals surface area (Å²) in [7, 11) is 0. The lowest BCUT2D eigenvalue weighted by molar-refractivity contribution is -0.384. The highest BCUT2D eigenvalue weighted by molar-refractivity contribution is 6.12. The van der Waals surface area contributed by atoms with Crippen molar-refractivity contribution in [1.82, 2.24) is 9.55 Å². The predicted octanol–water partition coefficient (Wildman–Crippen LogP) is 2.61. The first-order valence-electron chi connectivity index (χ1n) is 5.98. The highest BCUT2D eigenvalue weighted by atomic mass is 16.6. The van der Waals surface area contributed by atoms with Crippen LogP contribution in [-0.2, 0) is 0 Å². The van der Waals surface area contributed by atoms with Crippen molar-refractivity contribution in [1.29, 1.82) is 0 Å². The fourth-order valence-corrected chi connectivity index (χ4v) is 2.55. The van der Waals surface area contributed by atoms with Crippen LogP contribution < -0.4 is 0 Å². The lowest BCUT2D eigenvalue weighted by atomic mass is 10.1. The number of aromatic nitrogens is 2. The largest absolute Gasteiger partial charge is 0.271 e. The van der Waals surface area contributed by atoms with E-state index in [-0.39, 0.29) is 11.6 Å². The maximum Gasteiger partial charge on any atom is 0.271 e. The molecule has 0 amide bonds. The van der Waals surface area contributed by atoms with Gasteiger partial charge in [-0.25, -0.2) is 4.98 Å². The average Bonchev–Trinajstić information content (AvgIpc) is 2.96. The second kappa shape index (κ2) is 3.51. The normalized spacial score (nSPS) is 12.5.